The Morgan fingerprint density at radius 2 is 2.00 bits per heavy atom. The molecule has 0 aliphatic carbocycles. The number of amides is 1. The van der Waals surface area contributed by atoms with E-state index >= 15 is 0 Å². The summed E-state index contributed by atoms with van der Waals surface area (Å²) in [6, 6.07) is 11.6. The van der Waals surface area contributed by atoms with Crippen molar-refractivity contribution in [3.8, 4) is 21.8 Å². The van der Waals surface area contributed by atoms with E-state index < -0.39 is 0 Å². The molecule has 1 unspecified atom stereocenters. The van der Waals surface area contributed by atoms with Gasteiger partial charge >= 0.3 is 0 Å². The van der Waals surface area contributed by atoms with Gasteiger partial charge in [0.1, 0.15) is 5.01 Å². The molecule has 116 valence electrons. The first-order valence-electron chi connectivity index (χ1n) is 7.05. The van der Waals surface area contributed by atoms with E-state index in [1.54, 1.807) is 30.7 Å². The van der Waals surface area contributed by atoms with Crippen LogP contribution in [-0.2, 0) is 4.79 Å². The maximum atomic E-state index is 11.8. The molecule has 0 spiro atoms. The van der Waals surface area contributed by atoms with E-state index in [2.05, 4.69) is 31.2 Å². The summed E-state index contributed by atoms with van der Waals surface area (Å²) in [6.07, 6.45) is 3.52. The average Bonchev–Trinajstić information content (AvgIpc) is 3.06. The van der Waals surface area contributed by atoms with E-state index in [0.717, 1.165) is 27.5 Å². The van der Waals surface area contributed by atoms with Crippen molar-refractivity contribution in [1.82, 2.24) is 9.97 Å². The highest BCUT2D eigenvalue weighted by molar-refractivity contribution is 9.10. The fourth-order valence-electron chi connectivity index (χ4n) is 2.03. The van der Waals surface area contributed by atoms with E-state index in [9.17, 15) is 4.79 Å². The number of hydrogen-bond donors (Lipinski definition) is 1. The van der Waals surface area contributed by atoms with Crippen LogP contribution in [0.2, 0.25) is 0 Å². The van der Waals surface area contributed by atoms with Gasteiger partial charge in [0.25, 0.3) is 0 Å². The highest BCUT2D eigenvalue weighted by Crippen LogP contribution is 2.29. The predicted molar refractivity (Wildman–Crippen MR) is 97.8 cm³/mol. The van der Waals surface area contributed by atoms with Gasteiger partial charge in [-0.25, -0.2) is 4.98 Å². The van der Waals surface area contributed by atoms with Crippen LogP contribution in [0, 0.1) is 0 Å². The molecule has 6 heteroatoms. The molecule has 0 fully saturated rings. The molecular weight excluding hydrogens is 374 g/mol. The minimum atomic E-state index is -0.233. The lowest BCUT2D eigenvalue weighted by Gasteiger charge is -2.07. The third-order valence-corrected chi connectivity index (χ3v) is 4.53. The highest BCUT2D eigenvalue weighted by atomic mass is 79.9. The lowest BCUT2D eigenvalue weighted by Crippen LogP contribution is -2.19. The maximum Gasteiger partial charge on any atom is 0.237 e. The summed E-state index contributed by atoms with van der Waals surface area (Å²) in [7, 11) is 0. The number of rotatable bonds is 4. The Morgan fingerprint density at radius 3 is 2.74 bits per heavy atom. The summed E-state index contributed by atoms with van der Waals surface area (Å²) < 4.78 is 0. The molecule has 0 saturated heterocycles. The van der Waals surface area contributed by atoms with E-state index in [-0.39, 0.29) is 10.7 Å². The Kier molecular flexibility index (Phi) is 4.83. The number of benzene rings is 1. The van der Waals surface area contributed by atoms with Crippen LogP contribution in [0.25, 0.3) is 21.8 Å². The van der Waals surface area contributed by atoms with Crippen LogP contribution in [0.4, 0.5) is 5.69 Å². The second kappa shape index (κ2) is 7.02. The Bertz CT molecular complexity index is 817. The second-order valence-corrected chi connectivity index (χ2v) is 7.19. The number of halogens is 1. The van der Waals surface area contributed by atoms with Crippen molar-refractivity contribution in [2.24, 2.45) is 0 Å². The van der Waals surface area contributed by atoms with Gasteiger partial charge in [-0.3, -0.25) is 9.78 Å². The summed E-state index contributed by atoms with van der Waals surface area (Å²) in [5, 5.41) is 5.84. The van der Waals surface area contributed by atoms with Gasteiger partial charge in [-0.2, -0.15) is 0 Å². The quantitative estimate of drug-likeness (QED) is 0.665. The minimum absolute atomic E-state index is 0.0714. The molecule has 23 heavy (non-hydrogen) atoms. The van der Waals surface area contributed by atoms with Gasteiger partial charge < -0.3 is 5.32 Å². The van der Waals surface area contributed by atoms with Crippen molar-refractivity contribution in [3.05, 3.63) is 54.2 Å². The van der Waals surface area contributed by atoms with Crippen molar-refractivity contribution < 1.29 is 4.79 Å². The van der Waals surface area contributed by atoms with Crippen LogP contribution >= 0.6 is 27.3 Å². The van der Waals surface area contributed by atoms with Crippen LogP contribution in [0.3, 0.4) is 0 Å². The van der Waals surface area contributed by atoms with Crippen LogP contribution in [0.1, 0.15) is 6.92 Å². The van der Waals surface area contributed by atoms with Crippen LogP contribution in [-0.4, -0.2) is 20.7 Å². The zero-order valence-electron chi connectivity index (χ0n) is 12.4. The van der Waals surface area contributed by atoms with Gasteiger partial charge in [-0.1, -0.05) is 28.1 Å². The number of hydrogen-bond acceptors (Lipinski definition) is 4. The number of nitrogens with zero attached hydrogens (tertiary/aromatic N) is 2. The third-order valence-electron chi connectivity index (χ3n) is 3.22. The molecule has 0 radical (unpaired) electrons. The molecule has 1 aromatic carbocycles. The van der Waals surface area contributed by atoms with E-state index in [1.165, 1.54) is 0 Å². The Labute approximate surface area is 146 Å². The number of nitrogens with one attached hydrogen (secondary N) is 1. The molecule has 1 atom stereocenters. The summed E-state index contributed by atoms with van der Waals surface area (Å²) in [4.78, 5) is 20.2. The third kappa shape index (κ3) is 3.83. The fourth-order valence-corrected chi connectivity index (χ4v) is 2.98. The lowest BCUT2D eigenvalue weighted by atomic mass is 10.1. The predicted octanol–water partition coefficient (Wildman–Crippen LogP) is 4.59. The molecule has 2 heterocycles. The highest BCUT2D eigenvalue weighted by Gasteiger charge is 2.10. The zero-order valence-corrected chi connectivity index (χ0v) is 14.8. The topological polar surface area (TPSA) is 54.9 Å². The Hall–Kier alpha value is -2.05. The van der Waals surface area contributed by atoms with Crippen molar-refractivity contribution in [1.29, 1.82) is 0 Å². The molecule has 0 aliphatic rings. The number of aromatic nitrogens is 2. The SMILES string of the molecule is CC(Br)C(=O)Nc1cccc(-c2csc(-c3ccncc3)n2)c1. The van der Waals surface area contributed by atoms with Gasteiger partial charge in [0.05, 0.1) is 10.5 Å². The number of carbonyl (C=O) groups is 1. The van der Waals surface area contributed by atoms with Gasteiger partial charge in [-0.15, -0.1) is 11.3 Å². The largest absolute Gasteiger partial charge is 0.325 e. The molecular formula is C17H14BrN3OS. The fraction of sp³-hybridized carbons (Fsp3) is 0.118. The van der Waals surface area contributed by atoms with Crippen LogP contribution < -0.4 is 5.32 Å². The Balaban J connectivity index is 1.85. The molecule has 1 amide bonds. The number of carbonyl (C=O) groups excluding carboxylic acids is 1. The smallest absolute Gasteiger partial charge is 0.237 e. The summed E-state index contributed by atoms with van der Waals surface area (Å²) in [5.74, 6) is -0.0714. The monoisotopic (exact) mass is 387 g/mol. The van der Waals surface area contributed by atoms with Crippen molar-refractivity contribution in [3.63, 3.8) is 0 Å². The zero-order chi connectivity index (χ0) is 16.2. The number of anilines is 1. The first-order chi connectivity index (χ1) is 11.1. The standard InChI is InChI=1S/C17H14BrN3OS/c1-11(18)16(22)20-14-4-2-3-13(9-14)15-10-23-17(21-15)12-5-7-19-8-6-12/h2-11H,1H3,(H,20,22). The number of thiazole rings is 1. The minimum Gasteiger partial charge on any atom is -0.325 e. The lowest BCUT2D eigenvalue weighted by molar-refractivity contribution is -0.115. The van der Waals surface area contributed by atoms with E-state index in [0.29, 0.717) is 0 Å². The Morgan fingerprint density at radius 1 is 1.22 bits per heavy atom. The molecule has 2 aromatic heterocycles. The molecule has 0 saturated carbocycles. The first-order valence-corrected chi connectivity index (χ1v) is 8.84. The molecule has 1 N–H and O–H groups in total. The first kappa shape index (κ1) is 15.8. The number of alkyl halides is 1. The van der Waals surface area contributed by atoms with Gasteiger partial charge in [0, 0.05) is 34.6 Å². The number of pyridine rings is 1. The summed E-state index contributed by atoms with van der Waals surface area (Å²) in [6.45, 7) is 1.79. The van der Waals surface area contributed by atoms with Gasteiger partial charge in [0.15, 0.2) is 0 Å². The molecule has 0 bridgehead atoms. The van der Waals surface area contributed by atoms with Gasteiger partial charge in [-0.05, 0) is 31.2 Å². The summed E-state index contributed by atoms with van der Waals surface area (Å²) in [5.41, 5.74) is 3.68. The molecule has 3 rings (SSSR count). The van der Waals surface area contributed by atoms with E-state index in [4.69, 9.17) is 0 Å². The van der Waals surface area contributed by atoms with Crippen molar-refractivity contribution in [2.75, 3.05) is 5.32 Å². The second-order valence-electron chi connectivity index (χ2n) is 4.96. The van der Waals surface area contributed by atoms with Crippen LogP contribution in [0.5, 0.6) is 0 Å². The summed E-state index contributed by atoms with van der Waals surface area (Å²) >= 11 is 4.85. The molecule has 3 aromatic rings. The van der Waals surface area contributed by atoms with Crippen molar-refractivity contribution in [2.45, 2.75) is 11.8 Å². The van der Waals surface area contributed by atoms with Crippen LogP contribution in [0.15, 0.2) is 54.2 Å². The average molecular weight is 388 g/mol. The normalized spacial score (nSPS) is 11.9. The molecule has 4 nitrogen and oxygen atoms in total. The van der Waals surface area contributed by atoms with E-state index in [1.807, 2.05) is 41.8 Å². The maximum absolute atomic E-state index is 11.8. The molecule has 0 aliphatic heterocycles. The van der Waals surface area contributed by atoms with Crippen molar-refractivity contribution >= 4 is 38.9 Å². The van der Waals surface area contributed by atoms with Gasteiger partial charge in [0.2, 0.25) is 5.91 Å².